The minimum atomic E-state index is -0.149. The van der Waals surface area contributed by atoms with Gasteiger partial charge in [0.25, 0.3) is 0 Å². The Balaban J connectivity index is 2.26. The normalized spacial score (nSPS) is 12.9. The molecule has 2 heterocycles. The van der Waals surface area contributed by atoms with Gasteiger partial charge in [-0.1, -0.05) is 18.5 Å². The topological polar surface area (TPSA) is 69.0 Å². The lowest BCUT2D eigenvalue weighted by Crippen LogP contribution is -2.29. The Kier molecular flexibility index (Phi) is 4.67. The van der Waals surface area contributed by atoms with Crippen LogP contribution in [0.15, 0.2) is 21.2 Å². The lowest BCUT2D eigenvalue weighted by molar-refractivity contribution is 0.399. The maximum absolute atomic E-state index is 6.33. The Labute approximate surface area is 125 Å². The molecule has 0 saturated carbocycles. The molecule has 3 N–H and O–H groups in total. The van der Waals surface area contributed by atoms with E-state index >= 15 is 0 Å². The molecule has 0 fully saturated rings. The molecule has 0 aliphatic rings. The minimum absolute atomic E-state index is 0.149. The van der Waals surface area contributed by atoms with Crippen molar-refractivity contribution in [3.8, 4) is 0 Å². The van der Waals surface area contributed by atoms with Gasteiger partial charge in [-0.3, -0.25) is 10.5 Å². The number of hydrogen-bond acceptors (Lipinski definition) is 4. The predicted molar refractivity (Wildman–Crippen MR) is 77.8 cm³/mol. The van der Waals surface area contributed by atoms with Crippen LogP contribution < -0.4 is 11.3 Å². The zero-order chi connectivity index (χ0) is 14.0. The van der Waals surface area contributed by atoms with Gasteiger partial charge in [0.05, 0.1) is 22.5 Å². The first-order chi connectivity index (χ1) is 9.06. The second kappa shape index (κ2) is 6.09. The lowest BCUT2D eigenvalue weighted by Gasteiger charge is -2.13. The van der Waals surface area contributed by atoms with Gasteiger partial charge in [-0.05, 0) is 34.5 Å². The molecule has 0 aliphatic heterocycles. The van der Waals surface area contributed by atoms with E-state index in [1.54, 1.807) is 4.68 Å². The fourth-order valence-corrected chi connectivity index (χ4v) is 2.68. The van der Waals surface area contributed by atoms with Crippen LogP contribution in [0.4, 0.5) is 0 Å². The van der Waals surface area contributed by atoms with Crippen LogP contribution in [0, 0.1) is 0 Å². The molecule has 0 amide bonds. The highest BCUT2D eigenvalue weighted by molar-refractivity contribution is 9.10. The summed E-state index contributed by atoms with van der Waals surface area (Å²) in [6, 6.07) is 3.56. The number of rotatable bonds is 5. The van der Waals surface area contributed by atoms with E-state index in [2.05, 4.69) is 26.5 Å². The van der Waals surface area contributed by atoms with Crippen molar-refractivity contribution in [3.63, 3.8) is 0 Å². The van der Waals surface area contributed by atoms with Gasteiger partial charge in [-0.2, -0.15) is 5.10 Å². The summed E-state index contributed by atoms with van der Waals surface area (Å²) in [5.74, 6) is 6.36. The number of hydrogen-bond donors (Lipinski definition) is 2. The summed E-state index contributed by atoms with van der Waals surface area (Å²) in [6.07, 6.45) is 1.42. The second-order valence-electron chi connectivity index (χ2n) is 4.25. The van der Waals surface area contributed by atoms with Gasteiger partial charge in [-0.25, -0.2) is 5.43 Å². The minimum Gasteiger partial charge on any atom is -0.453 e. The molecule has 1 unspecified atom stereocenters. The Morgan fingerprint density at radius 2 is 2.32 bits per heavy atom. The maximum atomic E-state index is 6.33. The zero-order valence-electron chi connectivity index (χ0n) is 10.8. The third-order valence-corrected chi connectivity index (χ3v) is 3.90. The van der Waals surface area contributed by atoms with Crippen molar-refractivity contribution in [2.75, 3.05) is 0 Å². The molecule has 19 heavy (non-hydrogen) atoms. The average Bonchev–Trinajstić information content (AvgIpc) is 2.92. The Morgan fingerprint density at radius 1 is 1.58 bits per heavy atom. The van der Waals surface area contributed by atoms with E-state index in [1.807, 2.05) is 26.1 Å². The highest BCUT2D eigenvalue weighted by Gasteiger charge is 2.20. The van der Waals surface area contributed by atoms with Gasteiger partial charge < -0.3 is 4.42 Å². The van der Waals surface area contributed by atoms with Crippen LogP contribution in [-0.2, 0) is 19.9 Å². The number of nitrogens with zero attached hydrogens (tertiary/aromatic N) is 2. The van der Waals surface area contributed by atoms with E-state index in [0.717, 1.165) is 23.6 Å². The molecule has 2 aromatic heterocycles. The van der Waals surface area contributed by atoms with Crippen molar-refractivity contribution in [1.82, 2.24) is 15.2 Å². The summed E-state index contributed by atoms with van der Waals surface area (Å²) in [5, 5.41) is 5.10. The predicted octanol–water partition coefficient (Wildman–Crippen LogP) is 2.74. The maximum Gasteiger partial charge on any atom is 0.169 e. The van der Waals surface area contributed by atoms with Gasteiger partial charge in [0.2, 0.25) is 0 Å². The molecule has 0 saturated heterocycles. The highest BCUT2D eigenvalue weighted by Crippen LogP contribution is 2.27. The molecule has 104 valence electrons. The average molecular weight is 348 g/mol. The monoisotopic (exact) mass is 346 g/mol. The fraction of sp³-hybridized carbons (Fsp3) is 0.417. The van der Waals surface area contributed by atoms with Gasteiger partial charge in [0.15, 0.2) is 4.67 Å². The van der Waals surface area contributed by atoms with Crippen LogP contribution >= 0.6 is 27.5 Å². The first-order valence-electron chi connectivity index (χ1n) is 5.98. The van der Waals surface area contributed by atoms with Gasteiger partial charge >= 0.3 is 0 Å². The molecule has 0 aliphatic carbocycles. The Morgan fingerprint density at radius 3 is 2.79 bits per heavy atom. The zero-order valence-corrected chi connectivity index (χ0v) is 13.1. The molecule has 2 aromatic rings. The van der Waals surface area contributed by atoms with Gasteiger partial charge in [0, 0.05) is 13.5 Å². The Bertz CT molecular complexity index is 566. The molecular weight excluding hydrogens is 332 g/mol. The molecule has 0 radical (unpaired) electrons. The van der Waals surface area contributed by atoms with Crippen molar-refractivity contribution in [2.45, 2.75) is 25.8 Å². The number of aromatic nitrogens is 2. The fourth-order valence-electron chi connectivity index (χ4n) is 1.99. The molecule has 1 atom stereocenters. The summed E-state index contributed by atoms with van der Waals surface area (Å²) >= 11 is 9.61. The van der Waals surface area contributed by atoms with E-state index in [1.165, 1.54) is 0 Å². The lowest BCUT2D eigenvalue weighted by atomic mass is 10.1. The molecule has 2 rings (SSSR count). The number of halogens is 2. The molecular formula is C12H16BrClN4O. The third-order valence-electron chi connectivity index (χ3n) is 3.04. The van der Waals surface area contributed by atoms with E-state index in [9.17, 15) is 0 Å². The van der Waals surface area contributed by atoms with E-state index in [-0.39, 0.29) is 6.04 Å². The largest absolute Gasteiger partial charge is 0.453 e. The van der Waals surface area contributed by atoms with Crippen molar-refractivity contribution in [2.24, 2.45) is 12.9 Å². The highest BCUT2D eigenvalue weighted by atomic mass is 79.9. The third kappa shape index (κ3) is 3.02. The second-order valence-corrected chi connectivity index (χ2v) is 5.41. The van der Waals surface area contributed by atoms with Crippen LogP contribution in [-0.4, -0.2) is 9.78 Å². The van der Waals surface area contributed by atoms with Crippen molar-refractivity contribution < 1.29 is 4.42 Å². The molecule has 7 heteroatoms. The quantitative estimate of drug-likeness (QED) is 0.644. The van der Waals surface area contributed by atoms with Crippen LogP contribution in [0.3, 0.4) is 0 Å². The number of nitrogens with two attached hydrogens (primary N) is 1. The first-order valence-corrected chi connectivity index (χ1v) is 7.15. The molecule has 0 bridgehead atoms. The number of nitrogens with one attached hydrogen (secondary N) is 1. The van der Waals surface area contributed by atoms with Gasteiger partial charge in [-0.15, -0.1) is 0 Å². The molecule has 0 spiro atoms. The SMILES string of the molecule is CCc1nn(C)c(CC(NN)c2ccc(Br)o2)c1Cl. The van der Waals surface area contributed by atoms with Crippen LogP contribution in [0.2, 0.25) is 5.02 Å². The van der Waals surface area contributed by atoms with Crippen molar-refractivity contribution >= 4 is 27.5 Å². The first kappa shape index (κ1) is 14.6. The molecule has 5 nitrogen and oxygen atoms in total. The van der Waals surface area contributed by atoms with E-state index < -0.39 is 0 Å². The van der Waals surface area contributed by atoms with Crippen LogP contribution in [0.5, 0.6) is 0 Å². The summed E-state index contributed by atoms with van der Waals surface area (Å²) in [6.45, 7) is 2.03. The summed E-state index contributed by atoms with van der Waals surface area (Å²) < 4.78 is 7.99. The Hall–Kier alpha value is -0.820. The van der Waals surface area contributed by atoms with E-state index in [4.69, 9.17) is 21.9 Å². The summed E-state index contributed by atoms with van der Waals surface area (Å²) in [7, 11) is 1.88. The number of furan rings is 1. The standard InChI is InChI=1S/C12H16BrClN4O/c1-3-7-12(14)9(18(2)17-7)6-8(16-15)10-4-5-11(13)19-10/h4-5,8,16H,3,6,15H2,1-2H3. The molecule has 0 aromatic carbocycles. The smallest absolute Gasteiger partial charge is 0.169 e. The number of aryl methyl sites for hydroxylation is 2. The van der Waals surface area contributed by atoms with Crippen LogP contribution in [0.1, 0.15) is 30.1 Å². The summed E-state index contributed by atoms with van der Waals surface area (Å²) in [5.41, 5.74) is 4.59. The van der Waals surface area contributed by atoms with E-state index in [0.29, 0.717) is 16.1 Å². The van der Waals surface area contributed by atoms with Crippen LogP contribution in [0.25, 0.3) is 0 Å². The number of hydrazine groups is 1. The van der Waals surface area contributed by atoms with Crippen molar-refractivity contribution in [3.05, 3.63) is 39.0 Å². The summed E-state index contributed by atoms with van der Waals surface area (Å²) in [4.78, 5) is 0. The van der Waals surface area contributed by atoms with Gasteiger partial charge in [0.1, 0.15) is 5.76 Å². The van der Waals surface area contributed by atoms with Crippen molar-refractivity contribution in [1.29, 1.82) is 0 Å².